The molecule has 4 rings (SSSR count). The number of ether oxygens (including phenoxy) is 1. The summed E-state index contributed by atoms with van der Waals surface area (Å²) in [5.41, 5.74) is 1.92. The van der Waals surface area contributed by atoms with Crippen molar-refractivity contribution in [3.05, 3.63) is 12.2 Å². The molecule has 4 aliphatic rings. The van der Waals surface area contributed by atoms with Crippen molar-refractivity contribution in [2.75, 3.05) is 19.7 Å². The summed E-state index contributed by atoms with van der Waals surface area (Å²) >= 11 is 0. The Bertz CT molecular complexity index is 770. The highest BCUT2D eigenvalue weighted by molar-refractivity contribution is 5.87. The van der Waals surface area contributed by atoms with Crippen molar-refractivity contribution >= 4 is 18.0 Å². The molecule has 1 heterocycles. The standard InChI is InChI=1S/C26H40N2O4/c1-5-21-20(22-6-7-24(30)25(22,3)4)12-17(2)23-13-18(28-32-19-9-11-27-14-19)8-10-26(21,23)15-31-16-29/h16,19-23,27H,2,5-15H2,1,3-4H3. The van der Waals surface area contributed by atoms with E-state index in [9.17, 15) is 9.59 Å². The molecule has 3 aliphatic carbocycles. The molecule has 4 fully saturated rings. The topological polar surface area (TPSA) is 77.0 Å². The fourth-order valence-electron chi connectivity index (χ4n) is 7.58. The van der Waals surface area contributed by atoms with Gasteiger partial charge < -0.3 is 14.9 Å². The Labute approximate surface area is 192 Å². The van der Waals surface area contributed by atoms with Crippen LogP contribution >= 0.6 is 0 Å². The molecule has 6 atom stereocenters. The Morgan fingerprint density at radius 2 is 2.06 bits per heavy atom. The van der Waals surface area contributed by atoms with Gasteiger partial charge in [0.15, 0.2) is 0 Å². The number of rotatable bonds is 7. The number of hydrogen-bond acceptors (Lipinski definition) is 6. The predicted molar refractivity (Wildman–Crippen MR) is 124 cm³/mol. The van der Waals surface area contributed by atoms with Gasteiger partial charge in [-0.1, -0.05) is 44.5 Å². The molecule has 6 nitrogen and oxygen atoms in total. The van der Waals surface area contributed by atoms with Crippen molar-refractivity contribution in [1.29, 1.82) is 0 Å². The molecule has 0 aromatic carbocycles. The smallest absolute Gasteiger partial charge is 0.293 e. The minimum absolute atomic E-state index is 0.134. The highest BCUT2D eigenvalue weighted by Crippen LogP contribution is 2.62. The molecule has 0 bridgehead atoms. The first-order valence-electron chi connectivity index (χ1n) is 12.5. The maximum atomic E-state index is 12.7. The number of carbonyl (C=O) groups excluding carboxylic acids is 2. The third kappa shape index (κ3) is 4.04. The van der Waals surface area contributed by atoms with E-state index in [1.807, 2.05) is 0 Å². The van der Waals surface area contributed by atoms with Crippen molar-refractivity contribution < 1.29 is 19.2 Å². The van der Waals surface area contributed by atoms with Gasteiger partial charge in [0.1, 0.15) is 11.9 Å². The quantitative estimate of drug-likeness (QED) is 0.360. The number of allylic oxidation sites excluding steroid dienone is 1. The minimum atomic E-state index is -0.289. The fourth-order valence-corrected chi connectivity index (χ4v) is 7.58. The van der Waals surface area contributed by atoms with Gasteiger partial charge in [-0.25, -0.2) is 0 Å². The van der Waals surface area contributed by atoms with Crippen LogP contribution in [0.15, 0.2) is 17.3 Å². The third-order valence-corrected chi connectivity index (χ3v) is 9.31. The Kier molecular flexibility index (Phi) is 6.81. The molecular formula is C26H40N2O4. The molecule has 3 saturated carbocycles. The van der Waals surface area contributed by atoms with E-state index in [4.69, 9.17) is 9.57 Å². The van der Waals surface area contributed by atoms with Crippen molar-refractivity contribution in [1.82, 2.24) is 5.32 Å². The van der Waals surface area contributed by atoms with E-state index >= 15 is 0 Å². The van der Waals surface area contributed by atoms with Crippen LogP contribution in [0, 0.1) is 34.5 Å². The molecule has 1 aliphatic heterocycles. The summed E-state index contributed by atoms with van der Waals surface area (Å²) < 4.78 is 5.51. The van der Waals surface area contributed by atoms with E-state index in [1.54, 1.807) is 0 Å². The predicted octanol–water partition coefficient (Wildman–Crippen LogP) is 4.29. The van der Waals surface area contributed by atoms with Crippen molar-refractivity contribution in [2.24, 2.45) is 39.7 Å². The molecule has 6 unspecified atom stereocenters. The zero-order valence-electron chi connectivity index (χ0n) is 20.0. The van der Waals surface area contributed by atoms with Gasteiger partial charge in [-0.15, -0.1) is 0 Å². The summed E-state index contributed by atoms with van der Waals surface area (Å²) in [6.07, 6.45) is 7.40. The van der Waals surface area contributed by atoms with Gasteiger partial charge in [0.2, 0.25) is 0 Å². The van der Waals surface area contributed by atoms with Gasteiger partial charge in [0.25, 0.3) is 6.47 Å². The Morgan fingerprint density at radius 1 is 1.25 bits per heavy atom. The summed E-state index contributed by atoms with van der Waals surface area (Å²) in [5, 5.41) is 7.88. The molecule has 0 spiro atoms. The third-order valence-electron chi connectivity index (χ3n) is 9.31. The maximum Gasteiger partial charge on any atom is 0.293 e. The van der Waals surface area contributed by atoms with Gasteiger partial charge in [0, 0.05) is 30.2 Å². The largest absolute Gasteiger partial charge is 0.467 e. The van der Waals surface area contributed by atoms with E-state index in [0.717, 1.165) is 63.7 Å². The van der Waals surface area contributed by atoms with Crippen LogP contribution in [0.5, 0.6) is 0 Å². The molecular weight excluding hydrogens is 404 g/mol. The van der Waals surface area contributed by atoms with E-state index < -0.39 is 0 Å². The number of nitrogens with zero attached hydrogens (tertiary/aromatic N) is 1. The SMILES string of the molecule is C=C1CC(C2CCC(=O)C2(C)C)C(CC)C2(COC=O)CCC(=NOC3CCNC3)CC12. The molecule has 0 radical (unpaired) electrons. The molecule has 0 aromatic heterocycles. The lowest BCUT2D eigenvalue weighted by Gasteiger charge is -2.57. The monoisotopic (exact) mass is 444 g/mol. The number of nitrogens with one attached hydrogen (secondary N) is 1. The first-order chi connectivity index (χ1) is 15.3. The van der Waals surface area contributed by atoms with Crippen LogP contribution in [-0.4, -0.2) is 43.8 Å². The number of hydrogen-bond donors (Lipinski definition) is 1. The van der Waals surface area contributed by atoms with Crippen LogP contribution in [-0.2, 0) is 19.2 Å². The lowest BCUT2D eigenvalue weighted by molar-refractivity contribution is -0.141. The zero-order chi connectivity index (χ0) is 22.9. The summed E-state index contributed by atoms with van der Waals surface area (Å²) in [7, 11) is 0. The van der Waals surface area contributed by atoms with Gasteiger partial charge in [0.05, 0.1) is 12.3 Å². The molecule has 1 saturated heterocycles. The van der Waals surface area contributed by atoms with Gasteiger partial charge in [-0.3, -0.25) is 9.59 Å². The summed E-state index contributed by atoms with van der Waals surface area (Å²) in [4.78, 5) is 29.7. The van der Waals surface area contributed by atoms with E-state index in [1.165, 1.54) is 5.57 Å². The second-order valence-corrected chi connectivity index (χ2v) is 11.1. The number of ketones is 1. The maximum absolute atomic E-state index is 12.7. The first kappa shape index (κ1) is 23.5. The van der Waals surface area contributed by atoms with Crippen LogP contribution in [0.25, 0.3) is 0 Å². The van der Waals surface area contributed by atoms with Crippen LogP contribution in [0.1, 0.15) is 72.1 Å². The van der Waals surface area contributed by atoms with Crippen molar-refractivity contribution in [3.8, 4) is 0 Å². The molecule has 0 aromatic rings. The number of oxime groups is 1. The van der Waals surface area contributed by atoms with Crippen molar-refractivity contribution in [3.63, 3.8) is 0 Å². The lowest BCUT2D eigenvalue weighted by atomic mass is 9.47. The van der Waals surface area contributed by atoms with Crippen LogP contribution in [0.2, 0.25) is 0 Å². The summed E-state index contributed by atoms with van der Waals surface area (Å²) in [5.74, 6) is 1.79. The Hall–Kier alpha value is -1.69. The molecule has 178 valence electrons. The number of fused-ring (bicyclic) bond motifs is 1. The number of carbonyl (C=O) groups is 2. The van der Waals surface area contributed by atoms with Gasteiger partial charge in [-0.05, 0) is 62.3 Å². The lowest BCUT2D eigenvalue weighted by Crippen LogP contribution is -2.54. The van der Waals surface area contributed by atoms with Gasteiger partial charge in [-0.2, -0.15) is 0 Å². The van der Waals surface area contributed by atoms with Gasteiger partial charge >= 0.3 is 0 Å². The van der Waals surface area contributed by atoms with E-state index in [0.29, 0.717) is 43.0 Å². The molecule has 6 heteroatoms. The van der Waals surface area contributed by atoms with E-state index in [2.05, 4.69) is 37.8 Å². The van der Waals surface area contributed by atoms with E-state index in [-0.39, 0.29) is 22.9 Å². The average molecular weight is 445 g/mol. The average Bonchev–Trinajstić information content (AvgIpc) is 3.39. The molecule has 32 heavy (non-hydrogen) atoms. The number of Topliss-reactive ketones (excluding diaryl/α,β-unsaturated/α-hetero) is 1. The van der Waals surface area contributed by atoms with Crippen molar-refractivity contribution in [2.45, 2.75) is 78.2 Å². The second-order valence-electron chi connectivity index (χ2n) is 11.1. The first-order valence-corrected chi connectivity index (χ1v) is 12.5. The van der Waals surface area contributed by atoms with Crippen LogP contribution in [0.4, 0.5) is 0 Å². The summed E-state index contributed by atoms with van der Waals surface area (Å²) in [6.45, 7) is 13.9. The highest BCUT2D eigenvalue weighted by atomic mass is 16.6. The highest BCUT2D eigenvalue weighted by Gasteiger charge is 2.58. The molecule has 0 amide bonds. The summed E-state index contributed by atoms with van der Waals surface area (Å²) in [6, 6.07) is 0. The normalized spacial score (nSPS) is 40.3. The Balaban J connectivity index is 1.61. The Morgan fingerprint density at radius 3 is 2.69 bits per heavy atom. The molecule has 1 N–H and O–H groups in total. The minimum Gasteiger partial charge on any atom is -0.467 e. The zero-order valence-corrected chi connectivity index (χ0v) is 20.0. The van der Waals surface area contributed by atoms with Crippen LogP contribution in [0.3, 0.4) is 0 Å². The van der Waals surface area contributed by atoms with Crippen LogP contribution < -0.4 is 5.32 Å². The second kappa shape index (κ2) is 9.28. The fraction of sp³-hybridized carbons (Fsp3) is 0.808.